The highest BCUT2D eigenvalue weighted by Gasteiger charge is 2.18. The van der Waals surface area contributed by atoms with Gasteiger partial charge in [0.05, 0.1) is 12.0 Å². The number of benzene rings is 1. The van der Waals surface area contributed by atoms with Crippen LogP contribution in [0.1, 0.15) is 24.2 Å². The van der Waals surface area contributed by atoms with Crippen molar-refractivity contribution in [2.45, 2.75) is 24.8 Å². The molecule has 8 heteroatoms. The number of hydrogen-bond acceptors (Lipinski definition) is 5. The van der Waals surface area contributed by atoms with Gasteiger partial charge < -0.3 is 10.1 Å². The van der Waals surface area contributed by atoms with Crippen LogP contribution in [0, 0.1) is 0 Å². The summed E-state index contributed by atoms with van der Waals surface area (Å²) >= 11 is 0. The number of ether oxygens (including phenoxy) is 1. The molecule has 0 spiro atoms. The van der Waals surface area contributed by atoms with E-state index in [1.165, 1.54) is 38.3 Å². The zero-order valence-electron chi connectivity index (χ0n) is 12.0. The Kier molecular flexibility index (Phi) is 5.86. The summed E-state index contributed by atoms with van der Waals surface area (Å²) in [7, 11) is -2.32. The minimum absolute atomic E-state index is 0.0712. The molecule has 21 heavy (non-hydrogen) atoms. The molecule has 0 aliphatic heterocycles. The maximum Gasteiger partial charge on any atom is 0.328 e. The second-order valence-corrected chi connectivity index (χ2v) is 6.01. The Bertz CT molecular complexity index is 610. The molecular weight excluding hydrogens is 296 g/mol. The summed E-state index contributed by atoms with van der Waals surface area (Å²) in [5.41, 5.74) is 0.251. The lowest BCUT2D eigenvalue weighted by molar-refractivity contribution is -0.142. The summed E-state index contributed by atoms with van der Waals surface area (Å²) in [6.45, 7) is 3.45. The molecule has 0 saturated heterocycles. The lowest BCUT2D eigenvalue weighted by Crippen LogP contribution is -2.39. The zero-order valence-corrected chi connectivity index (χ0v) is 12.9. The molecule has 0 bridgehead atoms. The van der Waals surface area contributed by atoms with Crippen LogP contribution in [0.3, 0.4) is 0 Å². The van der Waals surface area contributed by atoms with Crippen molar-refractivity contribution in [1.82, 2.24) is 10.0 Å². The van der Waals surface area contributed by atoms with Crippen molar-refractivity contribution >= 4 is 21.9 Å². The Morgan fingerprint density at radius 3 is 2.29 bits per heavy atom. The van der Waals surface area contributed by atoms with Gasteiger partial charge in [-0.3, -0.25) is 4.79 Å². The van der Waals surface area contributed by atoms with Crippen LogP contribution in [0.25, 0.3) is 0 Å². The predicted octanol–water partition coefficient (Wildman–Crippen LogP) is 0.276. The Morgan fingerprint density at radius 2 is 1.81 bits per heavy atom. The average Bonchev–Trinajstić information content (AvgIpc) is 2.46. The quantitative estimate of drug-likeness (QED) is 0.734. The van der Waals surface area contributed by atoms with Gasteiger partial charge in [0, 0.05) is 12.1 Å². The molecule has 0 aromatic heterocycles. The fourth-order valence-electron chi connectivity index (χ4n) is 1.57. The first-order chi connectivity index (χ1) is 9.81. The van der Waals surface area contributed by atoms with Crippen molar-refractivity contribution in [2.24, 2.45) is 0 Å². The molecule has 1 aromatic carbocycles. The summed E-state index contributed by atoms with van der Waals surface area (Å²) in [4.78, 5) is 23.2. The topological polar surface area (TPSA) is 102 Å². The Balaban J connectivity index is 2.83. The van der Waals surface area contributed by atoms with Crippen molar-refractivity contribution in [3.8, 4) is 0 Å². The van der Waals surface area contributed by atoms with Crippen molar-refractivity contribution in [1.29, 1.82) is 0 Å². The molecule has 0 fully saturated rings. The van der Waals surface area contributed by atoms with E-state index in [2.05, 4.69) is 14.8 Å². The van der Waals surface area contributed by atoms with E-state index in [-0.39, 0.29) is 17.0 Å². The molecule has 1 aromatic rings. The molecule has 1 amide bonds. The maximum absolute atomic E-state index is 11.9. The molecule has 0 aliphatic rings. The lowest BCUT2D eigenvalue weighted by atomic mass is 10.2. The minimum atomic E-state index is -3.55. The summed E-state index contributed by atoms with van der Waals surface area (Å²) in [6.07, 6.45) is 0. The van der Waals surface area contributed by atoms with Crippen LogP contribution in [0.5, 0.6) is 0 Å². The Morgan fingerprint density at radius 1 is 1.24 bits per heavy atom. The third-order valence-corrected chi connectivity index (χ3v) is 4.22. The minimum Gasteiger partial charge on any atom is -0.467 e. The second kappa shape index (κ2) is 7.19. The van der Waals surface area contributed by atoms with Crippen LogP contribution in [0.2, 0.25) is 0 Å². The van der Waals surface area contributed by atoms with E-state index < -0.39 is 27.9 Å². The summed E-state index contributed by atoms with van der Waals surface area (Å²) < 4.78 is 30.3. The van der Waals surface area contributed by atoms with Crippen LogP contribution >= 0.6 is 0 Å². The van der Waals surface area contributed by atoms with Crippen LogP contribution in [0.15, 0.2) is 29.2 Å². The van der Waals surface area contributed by atoms with Crippen molar-refractivity contribution in [2.75, 3.05) is 13.7 Å². The first kappa shape index (κ1) is 17.1. The highest BCUT2D eigenvalue weighted by molar-refractivity contribution is 7.89. The molecule has 116 valence electrons. The highest BCUT2D eigenvalue weighted by Crippen LogP contribution is 2.10. The van der Waals surface area contributed by atoms with Gasteiger partial charge in [0.1, 0.15) is 6.04 Å². The van der Waals surface area contributed by atoms with Gasteiger partial charge in [-0.05, 0) is 31.2 Å². The first-order valence-electron chi connectivity index (χ1n) is 6.30. The van der Waals surface area contributed by atoms with Gasteiger partial charge in [-0.1, -0.05) is 6.92 Å². The van der Waals surface area contributed by atoms with Crippen molar-refractivity contribution < 1.29 is 22.7 Å². The van der Waals surface area contributed by atoms with Gasteiger partial charge in [-0.2, -0.15) is 0 Å². The van der Waals surface area contributed by atoms with E-state index >= 15 is 0 Å². The number of esters is 1. The normalized spacial score (nSPS) is 12.5. The molecule has 1 unspecified atom stereocenters. The number of rotatable bonds is 6. The van der Waals surface area contributed by atoms with Gasteiger partial charge in [0.2, 0.25) is 10.0 Å². The highest BCUT2D eigenvalue weighted by atomic mass is 32.2. The molecule has 0 saturated carbocycles. The maximum atomic E-state index is 11.9. The van der Waals surface area contributed by atoms with Crippen molar-refractivity contribution in [3.63, 3.8) is 0 Å². The van der Waals surface area contributed by atoms with Crippen LogP contribution < -0.4 is 10.0 Å². The smallest absolute Gasteiger partial charge is 0.328 e. The second-order valence-electron chi connectivity index (χ2n) is 4.24. The third-order valence-electron chi connectivity index (χ3n) is 2.66. The lowest BCUT2D eigenvalue weighted by Gasteiger charge is -2.11. The van der Waals surface area contributed by atoms with Gasteiger partial charge in [-0.25, -0.2) is 17.9 Å². The number of nitrogens with one attached hydrogen (secondary N) is 2. The van der Waals surface area contributed by atoms with E-state index in [0.717, 1.165) is 0 Å². The Hall–Kier alpha value is -1.93. The number of amides is 1. The molecular formula is C13H18N2O5S. The van der Waals surface area contributed by atoms with Gasteiger partial charge in [0.25, 0.3) is 5.91 Å². The predicted molar refractivity (Wildman–Crippen MR) is 76.2 cm³/mol. The van der Waals surface area contributed by atoms with Crippen LogP contribution in [0.4, 0.5) is 0 Å². The van der Waals surface area contributed by atoms with Crippen molar-refractivity contribution in [3.05, 3.63) is 29.8 Å². The first-order valence-corrected chi connectivity index (χ1v) is 7.78. The molecule has 1 atom stereocenters. The van der Waals surface area contributed by atoms with E-state index in [4.69, 9.17) is 0 Å². The number of sulfonamides is 1. The van der Waals surface area contributed by atoms with Gasteiger partial charge in [-0.15, -0.1) is 0 Å². The summed E-state index contributed by atoms with van der Waals surface area (Å²) in [6, 6.07) is 4.63. The number of methoxy groups -OCH3 is 1. The standard InChI is InChI=1S/C13H18N2O5S/c1-4-14-21(18,19)11-7-5-10(6-8-11)12(16)15-9(2)13(17)20-3/h5-9,14H,4H2,1-3H3,(H,15,16). The van der Waals surface area contributed by atoms with E-state index in [9.17, 15) is 18.0 Å². The SMILES string of the molecule is CCNS(=O)(=O)c1ccc(C(=O)NC(C)C(=O)OC)cc1. The fourth-order valence-corrected chi connectivity index (χ4v) is 2.62. The molecule has 7 nitrogen and oxygen atoms in total. The molecule has 2 N–H and O–H groups in total. The van der Waals surface area contributed by atoms with Gasteiger partial charge in [0.15, 0.2) is 0 Å². The average molecular weight is 314 g/mol. The van der Waals surface area contributed by atoms with Crippen LogP contribution in [-0.2, 0) is 19.6 Å². The molecule has 0 radical (unpaired) electrons. The molecule has 0 heterocycles. The zero-order chi connectivity index (χ0) is 16.0. The molecule has 1 rings (SSSR count). The summed E-state index contributed by atoms with van der Waals surface area (Å²) in [5, 5.41) is 2.45. The fraction of sp³-hybridized carbons (Fsp3) is 0.385. The third kappa shape index (κ3) is 4.54. The number of hydrogen-bond donors (Lipinski definition) is 2. The largest absolute Gasteiger partial charge is 0.467 e. The summed E-state index contributed by atoms with van der Waals surface area (Å²) in [5.74, 6) is -1.05. The Labute approximate surface area is 123 Å². The van der Waals surface area contributed by atoms with E-state index in [0.29, 0.717) is 0 Å². The molecule has 0 aliphatic carbocycles. The van der Waals surface area contributed by atoms with Crippen LogP contribution in [-0.4, -0.2) is 40.0 Å². The monoisotopic (exact) mass is 314 g/mol. The van der Waals surface area contributed by atoms with Gasteiger partial charge >= 0.3 is 5.97 Å². The van der Waals surface area contributed by atoms with E-state index in [1.54, 1.807) is 6.92 Å². The number of carbonyl (C=O) groups is 2. The van der Waals surface area contributed by atoms with E-state index in [1.807, 2.05) is 0 Å². The number of carbonyl (C=O) groups excluding carboxylic acids is 2.